The molecule has 2 unspecified atom stereocenters. The van der Waals surface area contributed by atoms with Crippen LogP contribution in [0, 0.1) is 4.77 Å². The lowest BCUT2D eigenvalue weighted by molar-refractivity contribution is 0.172. The number of aromatic amines is 1. The number of piperidine rings is 1. The molecule has 2 aliphatic rings. The Kier molecular flexibility index (Phi) is 3.04. The molecule has 2 fully saturated rings. The van der Waals surface area contributed by atoms with Gasteiger partial charge in [-0.05, 0) is 38.0 Å². The van der Waals surface area contributed by atoms with E-state index < -0.39 is 0 Å². The lowest BCUT2D eigenvalue weighted by atomic mass is 9.99. The maximum absolute atomic E-state index is 5.40. The number of hydrogen-bond donors (Lipinski definition) is 1. The molecular formula is C12H20N4S. The Morgan fingerprint density at radius 1 is 1.29 bits per heavy atom. The predicted molar refractivity (Wildman–Crippen MR) is 69.7 cm³/mol. The Labute approximate surface area is 107 Å². The minimum atomic E-state index is 0.552. The first-order valence-electron chi connectivity index (χ1n) is 6.71. The van der Waals surface area contributed by atoms with Crippen LogP contribution in [-0.2, 0) is 6.42 Å². The van der Waals surface area contributed by atoms with Gasteiger partial charge in [-0.25, -0.2) is 0 Å². The van der Waals surface area contributed by atoms with Crippen molar-refractivity contribution >= 4 is 12.2 Å². The van der Waals surface area contributed by atoms with Gasteiger partial charge in [0.15, 0.2) is 4.77 Å². The van der Waals surface area contributed by atoms with E-state index >= 15 is 0 Å². The summed E-state index contributed by atoms with van der Waals surface area (Å²) in [7, 11) is 0. The normalized spacial score (nSPS) is 29.5. The molecule has 94 valence electrons. The Balaban J connectivity index is 1.93. The van der Waals surface area contributed by atoms with Crippen LogP contribution in [0.15, 0.2) is 0 Å². The van der Waals surface area contributed by atoms with Crippen molar-refractivity contribution in [1.82, 2.24) is 19.7 Å². The second kappa shape index (κ2) is 4.53. The number of H-pyrrole nitrogens is 1. The van der Waals surface area contributed by atoms with Gasteiger partial charge in [0.05, 0.1) is 6.04 Å². The van der Waals surface area contributed by atoms with E-state index in [0.717, 1.165) is 17.0 Å². The van der Waals surface area contributed by atoms with E-state index in [1.807, 2.05) is 0 Å². The summed E-state index contributed by atoms with van der Waals surface area (Å²) in [5.74, 6) is 1.12. The number of rotatable bonds is 2. The maximum Gasteiger partial charge on any atom is 0.195 e. The molecule has 1 aromatic rings. The minimum absolute atomic E-state index is 0.552. The first-order chi connectivity index (χ1) is 8.31. The van der Waals surface area contributed by atoms with Gasteiger partial charge in [-0.3, -0.25) is 14.6 Å². The van der Waals surface area contributed by atoms with E-state index in [4.69, 9.17) is 12.2 Å². The first-order valence-corrected chi connectivity index (χ1v) is 7.12. The summed E-state index contributed by atoms with van der Waals surface area (Å²) >= 11 is 5.40. The molecule has 0 amide bonds. The SMILES string of the molecule is CCc1n[nH]c(=S)n1C1CCN2CCCCC12. The Hall–Kier alpha value is -0.680. The van der Waals surface area contributed by atoms with Gasteiger partial charge in [-0.1, -0.05) is 13.3 Å². The van der Waals surface area contributed by atoms with Gasteiger partial charge in [0, 0.05) is 19.0 Å². The fourth-order valence-electron chi connectivity index (χ4n) is 3.45. The van der Waals surface area contributed by atoms with Crippen LogP contribution in [0.2, 0.25) is 0 Å². The topological polar surface area (TPSA) is 36.9 Å². The first kappa shape index (κ1) is 11.4. The molecule has 17 heavy (non-hydrogen) atoms. The monoisotopic (exact) mass is 252 g/mol. The molecular weight excluding hydrogens is 232 g/mol. The van der Waals surface area contributed by atoms with Gasteiger partial charge < -0.3 is 0 Å². The fraction of sp³-hybridized carbons (Fsp3) is 0.833. The lowest BCUT2D eigenvalue weighted by Crippen LogP contribution is -2.38. The fourth-order valence-corrected chi connectivity index (χ4v) is 3.74. The van der Waals surface area contributed by atoms with Crippen LogP contribution in [0.3, 0.4) is 0 Å². The van der Waals surface area contributed by atoms with Gasteiger partial charge in [0.1, 0.15) is 5.82 Å². The summed E-state index contributed by atoms with van der Waals surface area (Å²) in [5, 5.41) is 7.30. The number of fused-ring (bicyclic) bond motifs is 1. The second-order valence-corrected chi connectivity index (χ2v) is 5.51. The average molecular weight is 252 g/mol. The Morgan fingerprint density at radius 3 is 3.00 bits per heavy atom. The van der Waals surface area contributed by atoms with Crippen LogP contribution in [0.25, 0.3) is 0 Å². The van der Waals surface area contributed by atoms with Crippen LogP contribution in [-0.4, -0.2) is 38.8 Å². The zero-order valence-electron chi connectivity index (χ0n) is 10.4. The molecule has 1 N–H and O–H groups in total. The summed E-state index contributed by atoms with van der Waals surface area (Å²) in [6.45, 7) is 4.65. The molecule has 2 saturated heterocycles. The van der Waals surface area contributed by atoms with E-state index in [1.54, 1.807) is 0 Å². The van der Waals surface area contributed by atoms with Crippen LogP contribution in [0.4, 0.5) is 0 Å². The number of nitrogens with one attached hydrogen (secondary N) is 1. The molecule has 1 aromatic heterocycles. The zero-order chi connectivity index (χ0) is 11.8. The number of nitrogens with zero attached hydrogens (tertiary/aromatic N) is 3. The molecule has 0 aliphatic carbocycles. The average Bonchev–Trinajstić information content (AvgIpc) is 2.92. The van der Waals surface area contributed by atoms with Crippen molar-refractivity contribution in [3.8, 4) is 0 Å². The molecule has 3 rings (SSSR count). The highest BCUT2D eigenvalue weighted by Crippen LogP contribution is 2.35. The summed E-state index contributed by atoms with van der Waals surface area (Å²) in [6, 6.07) is 1.25. The van der Waals surface area contributed by atoms with Crippen LogP contribution in [0.1, 0.15) is 44.5 Å². The molecule has 2 atom stereocenters. The molecule has 0 saturated carbocycles. The number of aromatic nitrogens is 3. The van der Waals surface area contributed by atoms with Crippen LogP contribution >= 0.6 is 12.2 Å². The highest BCUT2D eigenvalue weighted by atomic mass is 32.1. The van der Waals surface area contributed by atoms with Gasteiger partial charge in [-0.2, -0.15) is 5.10 Å². The third kappa shape index (κ3) is 1.85. The summed E-state index contributed by atoms with van der Waals surface area (Å²) in [6.07, 6.45) is 6.23. The Bertz CT molecular complexity index is 450. The zero-order valence-corrected chi connectivity index (χ0v) is 11.2. The highest BCUT2D eigenvalue weighted by Gasteiger charge is 2.37. The summed E-state index contributed by atoms with van der Waals surface area (Å²) in [5.41, 5.74) is 0. The highest BCUT2D eigenvalue weighted by molar-refractivity contribution is 7.71. The van der Waals surface area contributed by atoms with Crippen molar-refractivity contribution in [2.45, 2.75) is 51.1 Å². The largest absolute Gasteiger partial charge is 0.299 e. The third-order valence-electron chi connectivity index (χ3n) is 4.25. The lowest BCUT2D eigenvalue weighted by Gasteiger charge is -2.33. The molecule has 5 heteroatoms. The van der Waals surface area contributed by atoms with E-state index in [1.165, 1.54) is 38.8 Å². The smallest absolute Gasteiger partial charge is 0.195 e. The van der Waals surface area contributed by atoms with E-state index in [2.05, 4.69) is 26.6 Å². The van der Waals surface area contributed by atoms with E-state index in [0.29, 0.717) is 12.1 Å². The molecule has 2 aliphatic heterocycles. The summed E-state index contributed by atoms with van der Waals surface area (Å²) < 4.78 is 3.09. The number of aryl methyl sites for hydroxylation is 1. The van der Waals surface area contributed by atoms with Crippen LogP contribution in [0.5, 0.6) is 0 Å². The number of hydrogen-bond acceptors (Lipinski definition) is 3. The molecule has 0 aromatic carbocycles. The van der Waals surface area contributed by atoms with Gasteiger partial charge in [0.2, 0.25) is 0 Å². The van der Waals surface area contributed by atoms with Crippen molar-refractivity contribution in [3.05, 3.63) is 10.6 Å². The second-order valence-electron chi connectivity index (χ2n) is 5.12. The molecule has 0 bridgehead atoms. The van der Waals surface area contributed by atoms with Crippen molar-refractivity contribution in [2.24, 2.45) is 0 Å². The van der Waals surface area contributed by atoms with Crippen molar-refractivity contribution < 1.29 is 0 Å². The molecule has 4 nitrogen and oxygen atoms in total. The molecule has 0 spiro atoms. The van der Waals surface area contributed by atoms with E-state index in [-0.39, 0.29) is 0 Å². The third-order valence-corrected chi connectivity index (χ3v) is 4.53. The van der Waals surface area contributed by atoms with E-state index in [9.17, 15) is 0 Å². The summed E-state index contributed by atoms with van der Waals surface area (Å²) in [4.78, 5) is 2.64. The minimum Gasteiger partial charge on any atom is -0.299 e. The standard InChI is InChI=1S/C12H20N4S/c1-2-11-13-14-12(17)16(11)10-6-8-15-7-4-3-5-9(10)15/h9-10H,2-8H2,1H3,(H,14,17). The molecule has 3 heterocycles. The van der Waals surface area contributed by atoms with Crippen molar-refractivity contribution in [1.29, 1.82) is 0 Å². The van der Waals surface area contributed by atoms with Crippen molar-refractivity contribution in [2.75, 3.05) is 13.1 Å². The van der Waals surface area contributed by atoms with Gasteiger partial charge >= 0.3 is 0 Å². The maximum atomic E-state index is 5.40. The van der Waals surface area contributed by atoms with Gasteiger partial charge in [0.25, 0.3) is 0 Å². The molecule has 0 radical (unpaired) electrons. The van der Waals surface area contributed by atoms with Gasteiger partial charge in [-0.15, -0.1) is 0 Å². The van der Waals surface area contributed by atoms with Crippen LogP contribution < -0.4 is 0 Å². The quantitative estimate of drug-likeness (QED) is 0.821. The predicted octanol–water partition coefficient (Wildman–Crippen LogP) is 2.30. The van der Waals surface area contributed by atoms with Crippen molar-refractivity contribution in [3.63, 3.8) is 0 Å². The Morgan fingerprint density at radius 2 is 2.18 bits per heavy atom.